The van der Waals surface area contributed by atoms with Gasteiger partial charge in [0.2, 0.25) is 0 Å². The minimum absolute atomic E-state index is 0.0247. The number of anilines is 1. The van der Waals surface area contributed by atoms with E-state index in [0.29, 0.717) is 30.3 Å². The Morgan fingerprint density at radius 1 is 1.28 bits per heavy atom. The Bertz CT molecular complexity index is 896. The number of nitrogens with one attached hydrogen (secondary N) is 2. The molecule has 1 atom stereocenters. The fourth-order valence-electron chi connectivity index (χ4n) is 3.21. The topological polar surface area (TPSA) is 87.7 Å². The van der Waals surface area contributed by atoms with Gasteiger partial charge in [-0.05, 0) is 41.6 Å². The van der Waals surface area contributed by atoms with E-state index in [2.05, 4.69) is 28.8 Å². The molecule has 1 unspecified atom stereocenters. The molecule has 1 saturated heterocycles. The normalized spacial score (nSPS) is 18.0. The minimum atomic E-state index is -3.60. The van der Waals surface area contributed by atoms with E-state index in [9.17, 15) is 13.2 Å². The summed E-state index contributed by atoms with van der Waals surface area (Å²) in [5, 5.41) is 4.61. The summed E-state index contributed by atoms with van der Waals surface area (Å²) in [7, 11) is -3.60. The van der Waals surface area contributed by atoms with Crippen molar-refractivity contribution >= 4 is 33.0 Å². The SMILES string of the molecule is CC(C)CN1CCOC(CNC(=O)c2ccc(NS(=O)(=O)c3cccs3)cc2)C1. The number of ether oxygens (including phenoxy) is 1. The summed E-state index contributed by atoms with van der Waals surface area (Å²) >= 11 is 1.15. The van der Waals surface area contributed by atoms with Gasteiger partial charge in [0.1, 0.15) is 4.21 Å². The van der Waals surface area contributed by atoms with E-state index in [1.807, 2.05) is 0 Å². The first-order valence-electron chi connectivity index (χ1n) is 9.62. The van der Waals surface area contributed by atoms with Crippen LogP contribution >= 0.6 is 11.3 Å². The maximum atomic E-state index is 12.4. The van der Waals surface area contributed by atoms with Gasteiger partial charge in [0.25, 0.3) is 15.9 Å². The van der Waals surface area contributed by atoms with Gasteiger partial charge in [-0.1, -0.05) is 19.9 Å². The van der Waals surface area contributed by atoms with E-state index in [1.54, 1.807) is 41.8 Å². The summed E-state index contributed by atoms with van der Waals surface area (Å²) in [6.07, 6.45) is -0.0247. The molecule has 0 spiro atoms. The molecular weight excluding hydrogens is 410 g/mol. The molecule has 1 amide bonds. The average molecular weight is 438 g/mol. The third-order valence-electron chi connectivity index (χ3n) is 4.50. The number of hydrogen-bond acceptors (Lipinski definition) is 6. The molecule has 2 heterocycles. The Labute approximate surface area is 176 Å². The van der Waals surface area contributed by atoms with E-state index >= 15 is 0 Å². The standard InChI is InChI=1S/C20H27N3O4S2/c1-15(2)13-23-9-10-27-18(14-23)12-21-20(24)16-5-7-17(8-6-16)22-29(25,26)19-4-3-11-28-19/h3-8,11,15,18,22H,9-10,12-14H2,1-2H3,(H,21,24). The molecule has 0 saturated carbocycles. The van der Waals surface area contributed by atoms with E-state index in [4.69, 9.17) is 4.74 Å². The molecule has 0 radical (unpaired) electrons. The Hall–Kier alpha value is -1.94. The van der Waals surface area contributed by atoms with Gasteiger partial charge in [-0.2, -0.15) is 0 Å². The summed E-state index contributed by atoms with van der Waals surface area (Å²) in [5.41, 5.74) is 0.883. The van der Waals surface area contributed by atoms with Gasteiger partial charge in [-0.25, -0.2) is 8.42 Å². The van der Waals surface area contributed by atoms with Crippen LogP contribution in [-0.4, -0.2) is 58.1 Å². The summed E-state index contributed by atoms with van der Waals surface area (Å²) in [4.78, 5) is 14.8. The lowest BCUT2D eigenvalue weighted by Gasteiger charge is -2.33. The summed E-state index contributed by atoms with van der Waals surface area (Å²) < 4.78 is 33.0. The highest BCUT2D eigenvalue weighted by molar-refractivity contribution is 7.94. The first-order valence-corrected chi connectivity index (χ1v) is 12.0. The zero-order chi connectivity index (χ0) is 20.9. The van der Waals surface area contributed by atoms with Crippen LogP contribution in [0.2, 0.25) is 0 Å². The highest BCUT2D eigenvalue weighted by Gasteiger charge is 2.21. The number of nitrogens with zero attached hydrogens (tertiary/aromatic N) is 1. The minimum Gasteiger partial charge on any atom is -0.374 e. The lowest BCUT2D eigenvalue weighted by atomic mass is 10.1. The van der Waals surface area contributed by atoms with Crippen LogP contribution in [0.3, 0.4) is 0 Å². The molecule has 29 heavy (non-hydrogen) atoms. The van der Waals surface area contributed by atoms with Gasteiger partial charge in [-0.15, -0.1) is 11.3 Å². The van der Waals surface area contributed by atoms with Gasteiger partial charge >= 0.3 is 0 Å². The van der Waals surface area contributed by atoms with Gasteiger partial charge in [0.05, 0.1) is 12.7 Å². The number of morpholine rings is 1. The van der Waals surface area contributed by atoms with Crippen molar-refractivity contribution in [3.8, 4) is 0 Å². The first-order chi connectivity index (χ1) is 13.8. The molecule has 3 rings (SSSR count). The maximum absolute atomic E-state index is 12.4. The fraction of sp³-hybridized carbons (Fsp3) is 0.450. The van der Waals surface area contributed by atoms with Gasteiger partial charge in [0.15, 0.2) is 0 Å². The largest absolute Gasteiger partial charge is 0.374 e. The molecule has 0 bridgehead atoms. The number of thiophene rings is 1. The number of carbonyl (C=O) groups excluding carboxylic acids is 1. The number of sulfonamides is 1. The smallest absolute Gasteiger partial charge is 0.271 e. The van der Waals surface area contributed by atoms with Crippen molar-refractivity contribution in [1.82, 2.24) is 10.2 Å². The molecule has 2 N–H and O–H groups in total. The molecule has 1 fully saturated rings. The molecule has 1 aromatic heterocycles. The van der Waals surface area contributed by atoms with Gasteiger partial charge in [0, 0.05) is 37.4 Å². The van der Waals surface area contributed by atoms with Crippen molar-refractivity contribution in [3.05, 3.63) is 47.3 Å². The Kier molecular flexibility index (Phi) is 7.28. The van der Waals surface area contributed by atoms with E-state index in [1.165, 1.54) is 0 Å². The van der Waals surface area contributed by atoms with Crippen molar-refractivity contribution in [2.45, 2.75) is 24.2 Å². The van der Waals surface area contributed by atoms with Crippen molar-refractivity contribution in [1.29, 1.82) is 0 Å². The van der Waals surface area contributed by atoms with E-state index in [0.717, 1.165) is 31.0 Å². The highest BCUT2D eigenvalue weighted by Crippen LogP contribution is 2.20. The van der Waals surface area contributed by atoms with E-state index < -0.39 is 10.0 Å². The monoisotopic (exact) mass is 437 g/mol. The fourth-order valence-corrected chi connectivity index (χ4v) is 5.26. The molecule has 7 nitrogen and oxygen atoms in total. The maximum Gasteiger partial charge on any atom is 0.271 e. The lowest BCUT2D eigenvalue weighted by Crippen LogP contribution is -2.48. The molecular formula is C20H27N3O4S2. The quantitative estimate of drug-likeness (QED) is 0.663. The number of amides is 1. The van der Waals surface area contributed by atoms with Gasteiger partial charge in [-0.3, -0.25) is 14.4 Å². The average Bonchev–Trinajstić information content (AvgIpc) is 3.22. The van der Waals surface area contributed by atoms with Crippen LogP contribution in [0.1, 0.15) is 24.2 Å². The first kappa shape index (κ1) is 21.8. The second-order valence-electron chi connectivity index (χ2n) is 7.47. The van der Waals surface area contributed by atoms with Crippen LogP contribution < -0.4 is 10.0 Å². The van der Waals surface area contributed by atoms with Crippen LogP contribution in [0.4, 0.5) is 5.69 Å². The highest BCUT2D eigenvalue weighted by atomic mass is 32.2. The number of rotatable bonds is 8. The van der Waals surface area contributed by atoms with Crippen LogP contribution in [0.25, 0.3) is 0 Å². The van der Waals surface area contributed by atoms with Crippen molar-refractivity contribution in [3.63, 3.8) is 0 Å². The molecule has 9 heteroatoms. The third-order valence-corrected chi connectivity index (χ3v) is 7.27. The molecule has 1 aliphatic heterocycles. The second kappa shape index (κ2) is 9.71. The summed E-state index contributed by atoms with van der Waals surface area (Å²) in [6.45, 7) is 8.25. The molecule has 1 aromatic carbocycles. The Morgan fingerprint density at radius 3 is 2.69 bits per heavy atom. The Balaban J connectivity index is 1.51. The van der Waals surface area contributed by atoms with Crippen LogP contribution in [0.15, 0.2) is 46.0 Å². The van der Waals surface area contributed by atoms with Crippen LogP contribution in [-0.2, 0) is 14.8 Å². The Morgan fingerprint density at radius 2 is 2.03 bits per heavy atom. The lowest BCUT2D eigenvalue weighted by molar-refractivity contribution is -0.0295. The van der Waals surface area contributed by atoms with E-state index in [-0.39, 0.29) is 16.2 Å². The van der Waals surface area contributed by atoms with Gasteiger partial charge < -0.3 is 10.1 Å². The van der Waals surface area contributed by atoms with Crippen molar-refractivity contribution in [2.24, 2.45) is 5.92 Å². The molecule has 158 valence electrons. The molecule has 2 aromatic rings. The van der Waals surface area contributed by atoms with Crippen LogP contribution in [0.5, 0.6) is 0 Å². The predicted molar refractivity (Wildman–Crippen MR) is 115 cm³/mol. The number of hydrogen-bond donors (Lipinski definition) is 2. The zero-order valence-corrected chi connectivity index (χ0v) is 18.3. The third kappa shape index (κ3) is 6.27. The van der Waals surface area contributed by atoms with Crippen molar-refractivity contribution in [2.75, 3.05) is 37.5 Å². The van der Waals surface area contributed by atoms with Crippen molar-refractivity contribution < 1.29 is 17.9 Å². The summed E-state index contributed by atoms with van der Waals surface area (Å²) in [6, 6.07) is 9.61. The summed E-state index contributed by atoms with van der Waals surface area (Å²) in [5.74, 6) is 0.390. The molecule has 1 aliphatic rings. The number of carbonyl (C=O) groups is 1. The van der Waals surface area contributed by atoms with Crippen LogP contribution in [0, 0.1) is 5.92 Å². The predicted octanol–water partition coefficient (Wildman–Crippen LogP) is 2.64. The number of benzene rings is 1. The molecule has 0 aliphatic carbocycles. The second-order valence-corrected chi connectivity index (χ2v) is 10.3. The zero-order valence-electron chi connectivity index (χ0n) is 16.6.